The second-order valence-corrected chi connectivity index (χ2v) is 6.06. The standard InChI is InChI=1S/C14H13F2NO2S/c1-8-11(5-9(6-18)20-8)12-10-3-2-4-17-13(10)14(15,16)7-19-12/h2-5,12,18H,6-7H2,1H3. The number of aromatic nitrogens is 1. The topological polar surface area (TPSA) is 42.4 Å². The number of hydrogen-bond acceptors (Lipinski definition) is 4. The van der Waals surface area contributed by atoms with E-state index in [0.29, 0.717) is 5.56 Å². The van der Waals surface area contributed by atoms with E-state index in [0.717, 1.165) is 15.3 Å². The summed E-state index contributed by atoms with van der Waals surface area (Å²) in [6, 6.07) is 5.06. The average molecular weight is 297 g/mol. The van der Waals surface area contributed by atoms with Gasteiger partial charge in [-0.2, -0.15) is 8.78 Å². The highest BCUT2D eigenvalue weighted by Crippen LogP contribution is 2.43. The highest BCUT2D eigenvalue weighted by atomic mass is 32.1. The summed E-state index contributed by atoms with van der Waals surface area (Å²) < 4.78 is 33.0. The van der Waals surface area contributed by atoms with Gasteiger partial charge in [0.05, 0.1) is 6.61 Å². The van der Waals surface area contributed by atoms with Crippen LogP contribution in [-0.4, -0.2) is 16.7 Å². The van der Waals surface area contributed by atoms with Gasteiger partial charge >= 0.3 is 5.92 Å². The Labute approximate surface area is 118 Å². The van der Waals surface area contributed by atoms with Crippen LogP contribution in [0, 0.1) is 6.92 Å². The quantitative estimate of drug-likeness (QED) is 0.926. The number of thiophene rings is 1. The van der Waals surface area contributed by atoms with Crippen molar-refractivity contribution in [3.8, 4) is 0 Å². The lowest BCUT2D eigenvalue weighted by Gasteiger charge is -2.30. The van der Waals surface area contributed by atoms with Gasteiger partial charge in [-0.3, -0.25) is 4.98 Å². The zero-order valence-electron chi connectivity index (χ0n) is 10.8. The SMILES string of the molecule is Cc1sc(CO)cc1C1OCC(F)(F)c2ncccc21. The molecule has 3 rings (SSSR count). The summed E-state index contributed by atoms with van der Waals surface area (Å²) in [5.74, 6) is -3.06. The minimum Gasteiger partial charge on any atom is -0.391 e. The number of ether oxygens (including phenoxy) is 1. The smallest absolute Gasteiger partial charge is 0.312 e. The predicted molar refractivity (Wildman–Crippen MR) is 70.9 cm³/mol. The molecule has 2 aromatic rings. The van der Waals surface area contributed by atoms with E-state index in [4.69, 9.17) is 4.74 Å². The molecule has 0 saturated carbocycles. The minimum atomic E-state index is -3.06. The molecule has 0 fully saturated rings. The molecule has 2 aromatic heterocycles. The number of hydrogen-bond donors (Lipinski definition) is 1. The first kappa shape index (κ1) is 13.6. The van der Waals surface area contributed by atoms with Gasteiger partial charge in [-0.1, -0.05) is 6.07 Å². The molecule has 0 aromatic carbocycles. The fraction of sp³-hybridized carbons (Fsp3) is 0.357. The molecule has 0 spiro atoms. The lowest BCUT2D eigenvalue weighted by Crippen LogP contribution is -2.32. The molecule has 1 unspecified atom stereocenters. The molecule has 1 N–H and O–H groups in total. The van der Waals surface area contributed by atoms with Gasteiger partial charge in [-0.15, -0.1) is 11.3 Å². The molecule has 6 heteroatoms. The Bertz CT molecular complexity index is 642. The van der Waals surface area contributed by atoms with E-state index in [2.05, 4.69) is 4.98 Å². The Balaban J connectivity index is 2.10. The molecule has 106 valence electrons. The molecule has 1 atom stereocenters. The summed E-state index contributed by atoms with van der Waals surface area (Å²) in [5.41, 5.74) is 1.00. The van der Waals surface area contributed by atoms with E-state index in [-0.39, 0.29) is 12.3 Å². The van der Waals surface area contributed by atoms with Crippen LogP contribution in [0.2, 0.25) is 0 Å². The summed E-state index contributed by atoms with van der Waals surface area (Å²) in [6.45, 7) is 1.16. The van der Waals surface area contributed by atoms with Crippen molar-refractivity contribution in [2.75, 3.05) is 6.61 Å². The van der Waals surface area contributed by atoms with Crippen LogP contribution in [0.25, 0.3) is 0 Å². The number of fused-ring (bicyclic) bond motifs is 1. The minimum absolute atomic E-state index is 0.0612. The predicted octanol–water partition coefficient (Wildman–Crippen LogP) is 3.16. The van der Waals surface area contributed by atoms with Crippen molar-refractivity contribution in [2.45, 2.75) is 25.6 Å². The highest BCUT2D eigenvalue weighted by molar-refractivity contribution is 7.12. The number of aliphatic hydroxyl groups is 1. The number of nitrogens with zero attached hydrogens (tertiary/aromatic N) is 1. The van der Waals surface area contributed by atoms with Crippen LogP contribution in [0.4, 0.5) is 8.78 Å². The van der Waals surface area contributed by atoms with Crippen molar-refractivity contribution in [2.24, 2.45) is 0 Å². The molecule has 0 amide bonds. The molecule has 1 aliphatic rings. The van der Waals surface area contributed by atoms with Crippen LogP contribution in [-0.2, 0) is 17.3 Å². The zero-order valence-corrected chi connectivity index (χ0v) is 11.6. The Hall–Kier alpha value is -1.37. The van der Waals surface area contributed by atoms with Gasteiger partial charge in [0.1, 0.15) is 18.4 Å². The first-order chi connectivity index (χ1) is 9.53. The molecule has 0 radical (unpaired) electrons. The number of halogens is 2. The first-order valence-electron chi connectivity index (χ1n) is 6.18. The van der Waals surface area contributed by atoms with Gasteiger partial charge in [0.15, 0.2) is 0 Å². The molecular weight excluding hydrogens is 284 g/mol. The molecule has 3 heterocycles. The Morgan fingerprint density at radius 3 is 3.00 bits per heavy atom. The number of pyridine rings is 1. The third-order valence-corrected chi connectivity index (χ3v) is 4.40. The average Bonchev–Trinajstić information content (AvgIpc) is 2.80. The molecule has 3 nitrogen and oxygen atoms in total. The lowest BCUT2D eigenvalue weighted by molar-refractivity contribution is -0.119. The largest absolute Gasteiger partial charge is 0.391 e. The van der Waals surface area contributed by atoms with Gasteiger partial charge in [0.2, 0.25) is 0 Å². The molecule has 0 aliphatic carbocycles. The first-order valence-corrected chi connectivity index (χ1v) is 6.99. The van der Waals surface area contributed by atoms with Gasteiger partial charge in [0.25, 0.3) is 0 Å². The number of aliphatic hydroxyl groups excluding tert-OH is 1. The van der Waals surface area contributed by atoms with Crippen LogP contribution in [0.15, 0.2) is 24.4 Å². The number of aryl methyl sites for hydroxylation is 1. The molecule has 20 heavy (non-hydrogen) atoms. The van der Waals surface area contributed by atoms with Crippen LogP contribution in [0.5, 0.6) is 0 Å². The van der Waals surface area contributed by atoms with Gasteiger partial charge in [0, 0.05) is 21.5 Å². The molecule has 0 bridgehead atoms. The van der Waals surface area contributed by atoms with E-state index in [1.54, 1.807) is 12.1 Å². The van der Waals surface area contributed by atoms with Crippen molar-refractivity contribution in [1.29, 1.82) is 0 Å². The lowest BCUT2D eigenvalue weighted by atomic mass is 9.95. The normalized spacial score (nSPS) is 20.7. The van der Waals surface area contributed by atoms with Crippen molar-refractivity contribution in [3.05, 3.63) is 51.0 Å². The van der Waals surface area contributed by atoms with Crippen molar-refractivity contribution in [3.63, 3.8) is 0 Å². The fourth-order valence-corrected chi connectivity index (χ4v) is 3.36. The Morgan fingerprint density at radius 1 is 1.50 bits per heavy atom. The monoisotopic (exact) mass is 297 g/mol. The van der Waals surface area contributed by atoms with Crippen molar-refractivity contribution in [1.82, 2.24) is 4.98 Å². The van der Waals surface area contributed by atoms with Crippen LogP contribution >= 0.6 is 11.3 Å². The fourth-order valence-electron chi connectivity index (χ4n) is 2.44. The maximum atomic E-state index is 13.8. The third kappa shape index (κ3) is 2.13. The maximum Gasteiger partial charge on any atom is 0.312 e. The second kappa shape index (κ2) is 4.87. The Morgan fingerprint density at radius 2 is 2.30 bits per heavy atom. The van der Waals surface area contributed by atoms with E-state index in [9.17, 15) is 13.9 Å². The van der Waals surface area contributed by atoms with Gasteiger partial charge < -0.3 is 9.84 Å². The van der Waals surface area contributed by atoms with E-state index in [1.165, 1.54) is 17.5 Å². The summed E-state index contributed by atoms with van der Waals surface area (Å²) in [5, 5.41) is 9.19. The third-order valence-electron chi connectivity index (χ3n) is 3.34. The highest BCUT2D eigenvalue weighted by Gasteiger charge is 2.43. The molecule has 0 saturated heterocycles. The van der Waals surface area contributed by atoms with Gasteiger partial charge in [-0.05, 0) is 24.6 Å². The van der Waals surface area contributed by atoms with E-state index < -0.39 is 18.6 Å². The van der Waals surface area contributed by atoms with Crippen molar-refractivity contribution < 1.29 is 18.6 Å². The Kier molecular flexibility index (Phi) is 3.32. The van der Waals surface area contributed by atoms with Gasteiger partial charge in [-0.25, -0.2) is 0 Å². The van der Waals surface area contributed by atoms with E-state index in [1.807, 2.05) is 13.0 Å². The van der Waals surface area contributed by atoms with Crippen LogP contribution < -0.4 is 0 Å². The maximum absolute atomic E-state index is 13.8. The zero-order chi connectivity index (χ0) is 14.3. The summed E-state index contributed by atoms with van der Waals surface area (Å²) in [7, 11) is 0. The second-order valence-electron chi connectivity index (χ2n) is 4.72. The number of alkyl halides is 2. The number of rotatable bonds is 2. The summed E-state index contributed by atoms with van der Waals surface area (Å²) >= 11 is 1.44. The molecule has 1 aliphatic heterocycles. The van der Waals surface area contributed by atoms with Crippen LogP contribution in [0.1, 0.15) is 32.7 Å². The van der Waals surface area contributed by atoms with Crippen molar-refractivity contribution >= 4 is 11.3 Å². The summed E-state index contributed by atoms with van der Waals surface area (Å²) in [4.78, 5) is 5.58. The molecular formula is C14H13F2NO2S. The summed E-state index contributed by atoms with van der Waals surface area (Å²) in [6.07, 6.45) is 0.823. The van der Waals surface area contributed by atoms with E-state index >= 15 is 0 Å². The van der Waals surface area contributed by atoms with Crippen LogP contribution in [0.3, 0.4) is 0 Å².